The molecule has 1 aromatic heterocycles. The third-order valence-corrected chi connectivity index (χ3v) is 5.86. The largest absolute Gasteiger partial charge is 0.368 e. The normalized spacial score (nSPS) is 18.1. The number of carbonyl (C=O) groups is 2. The van der Waals surface area contributed by atoms with E-state index in [2.05, 4.69) is 34.1 Å². The summed E-state index contributed by atoms with van der Waals surface area (Å²) >= 11 is 0. The molecule has 0 spiro atoms. The molecule has 1 fully saturated rings. The lowest BCUT2D eigenvalue weighted by atomic mass is 9.95. The fraction of sp³-hybridized carbons (Fsp3) is 0.476. The van der Waals surface area contributed by atoms with Gasteiger partial charge in [0.2, 0.25) is 11.8 Å². The summed E-state index contributed by atoms with van der Waals surface area (Å²) in [5.41, 5.74) is 8.05. The fourth-order valence-electron chi connectivity index (χ4n) is 4.35. The van der Waals surface area contributed by atoms with E-state index in [1.807, 2.05) is 9.47 Å². The number of nitrogens with zero attached hydrogens (tertiary/aromatic N) is 4. The van der Waals surface area contributed by atoms with Gasteiger partial charge in [-0.05, 0) is 30.4 Å². The van der Waals surface area contributed by atoms with Crippen LogP contribution in [0, 0.1) is 0 Å². The van der Waals surface area contributed by atoms with Crippen LogP contribution < -0.4 is 5.73 Å². The number of benzene rings is 1. The third kappa shape index (κ3) is 4.09. The Morgan fingerprint density at radius 3 is 2.57 bits per heavy atom. The summed E-state index contributed by atoms with van der Waals surface area (Å²) in [6, 6.07) is 8.49. The molecule has 1 aromatic carbocycles. The second kappa shape index (κ2) is 8.14. The topological polar surface area (TPSA) is 84.5 Å². The molecule has 0 radical (unpaired) electrons. The number of fused-ring (bicyclic) bond motifs is 1. The summed E-state index contributed by atoms with van der Waals surface area (Å²) in [5.74, 6) is 1.01. The maximum Gasteiger partial charge on any atom is 0.237 e. The molecule has 28 heavy (non-hydrogen) atoms. The minimum absolute atomic E-state index is 0.158. The first kappa shape index (κ1) is 18.7. The fourth-order valence-corrected chi connectivity index (χ4v) is 4.35. The number of aromatic nitrogens is 2. The first-order valence-corrected chi connectivity index (χ1v) is 9.96. The van der Waals surface area contributed by atoms with Gasteiger partial charge < -0.3 is 15.2 Å². The molecule has 3 heterocycles. The molecule has 2 aromatic rings. The molecule has 2 aliphatic heterocycles. The summed E-state index contributed by atoms with van der Waals surface area (Å²) in [6.45, 7) is 3.89. The van der Waals surface area contributed by atoms with Crippen LogP contribution in [0.4, 0.5) is 0 Å². The van der Waals surface area contributed by atoms with Crippen LogP contribution in [0.1, 0.15) is 35.7 Å². The average Bonchev–Trinajstić information content (AvgIpc) is 3.15. The summed E-state index contributed by atoms with van der Waals surface area (Å²) in [6.07, 6.45) is 6.25. The second-order valence-electron chi connectivity index (χ2n) is 7.76. The van der Waals surface area contributed by atoms with Crippen molar-refractivity contribution in [2.75, 3.05) is 26.2 Å². The van der Waals surface area contributed by atoms with Crippen LogP contribution >= 0.6 is 0 Å². The smallest absolute Gasteiger partial charge is 0.237 e. The lowest BCUT2D eigenvalue weighted by molar-refractivity contribution is -0.133. The summed E-state index contributed by atoms with van der Waals surface area (Å²) < 4.78 is 1.83. The highest BCUT2D eigenvalue weighted by Gasteiger charge is 2.28. The Kier molecular flexibility index (Phi) is 5.43. The molecule has 0 bridgehead atoms. The Hall–Kier alpha value is -2.67. The van der Waals surface area contributed by atoms with Crippen molar-refractivity contribution in [1.29, 1.82) is 0 Å². The molecule has 0 aliphatic carbocycles. The van der Waals surface area contributed by atoms with E-state index >= 15 is 0 Å². The van der Waals surface area contributed by atoms with Crippen LogP contribution in [-0.2, 0) is 29.1 Å². The zero-order chi connectivity index (χ0) is 19.5. The van der Waals surface area contributed by atoms with Gasteiger partial charge in [-0.2, -0.15) is 0 Å². The van der Waals surface area contributed by atoms with Crippen molar-refractivity contribution >= 4 is 11.8 Å². The molecule has 4 rings (SSSR count). The van der Waals surface area contributed by atoms with E-state index in [4.69, 9.17) is 5.73 Å². The van der Waals surface area contributed by atoms with Crippen molar-refractivity contribution < 1.29 is 9.59 Å². The number of likely N-dealkylation sites (tertiary alicyclic amines) is 1. The van der Waals surface area contributed by atoms with Gasteiger partial charge in [0, 0.05) is 44.5 Å². The van der Waals surface area contributed by atoms with Gasteiger partial charge in [-0.25, -0.2) is 4.98 Å². The van der Waals surface area contributed by atoms with Gasteiger partial charge in [0.15, 0.2) is 0 Å². The van der Waals surface area contributed by atoms with E-state index in [-0.39, 0.29) is 24.3 Å². The first-order valence-electron chi connectivity index (χ1n) is 9.96. The Morgan fingerprint density at radius 2 is 1.82 bits per heavy atom. The number of amides is 2. The Bertz CT molecular complexity index is 854. The Morgan fingerprint density at radius 1 is 1.07 bits per heavy atom. The molecule has 2 aliphatic rings. The van der Waals surface area contributed by atoms with Gasteiger partial charge in [-0.15, -0.1) is 0 Å². The zero-order valence-corrected chi connectivity index (χ0v) is 16.1. The predicted octanol–water partition coefficient (Wildman–Crippen LogP) is 1.13. The second-order valence-corrected chi connectivity index (χ2v) is 7.76. The van der Waals surface area contributed by atoms with E-state index in [0.717, 1.165) is 51.3 Å². The number of hydrogen-bond acceptors (Lipinski definition) is 4. The van der Waals surface area contributed by atoms with Gasteiger partial charge in [0.25, 0.3) is 0 Å². The van der Waals surface area contributed by atoms with Crippen LogP contribution in [0.2, 0.25) is 0 Å². The van der Waals surface area contributed by atoms with Crippen molar-refractivity contribution in [3.8, 4) is 0 Å². The van der Waals surface area contributed by atoms with Gasteiger partial charge in [-0.1, -0.05) is 24.3 Å². The minimum Gasteiger partial charge on any atom is -0.368 e. The highest BCUT2D eigenvalue weighted by atomic mass is 16.2. The van der Waals surface area contributed by atoms with Crippen molar-refractivity contribution in [3.05, 3.63) is 53.6 Å². The van der Waals surface area contributed by atoms with Crippen molar-refractivity contribution in [2.24, 2.45) is 5.73 Å². The summed E-state index contributed by atoms with van der Waals surface area (Å²) in [4.78, 5) is 32.6. The number of rotatable bonds is 5. The average molecular weight is 381 g/mol. The van der Waals surface area contributed by atoms with Gasteiger partial charge in [0.05, 0.1) is 6.54 Å². The van der Waals surface area contributed by atoms with Crippen LogP contribution in [0.3, 0.4) is 0 Å². The molecule has 7 nitrogen and oxygen atoms in total. The van der Waals surface area contributed by atoms with Gasteiger partial charge >= 0.3 is 0 Å². The minimum atomic E-state index is -0.366. The zero-order valence-electron chi connectivity index (χ0n) is 16.1. The number of imidazole rings is 1. The molecule has 0 atom stereocenters. The van der Waals surface area contributed by atoms with Crippen LogP contribution in [0.25, 0.3) is 0 Å². The standard InChI is InChI=1S/C21H27N5O2/c22-19(27)14-26-12-8-23-21(26)17-6-10-25(11-7-17)20(28)15-24-9-5-16-3-1-2-4-18(16)13-24/h1-4,8,12,17H,5-7,9-11,13-15H2,(H2,22,27). The van der Waals surface area contributed by atoms with Crippen molar-refractivity contribution in [3.63, 3.8) is 0 Å². The summed E-state index contributed by atoms with van der Waals surface area (Å²) in [7, 11) is 0. The van der Waals surface area contributed by atoms with E-state index in [1.54, 1.807) is 12.4 Å². The Balaban J connectivity index is 1.30. The molecular weight excluding hydrogens is 354 g/mol. The van der Waals surface area contributed by atoms with Crippen LogP contribution in [0.5, 0.6) is 0 Å². The quantitative estimate of drug-likeness (QED) is 0.842. The van der Waals surface area contributed by atoms with E-state index in [1.165, 1.54) is 11.1 Å². The van der Waals surface area contributed by atoms with Crippen LogP contribution in [0.15, 0.2) is 36.7 Å². The third-order valence-electron chi connectivity index (χ3n) is 5.86. The predicted molar refractivity (Wildman–Crippen MR) is 105 cm³/mol. The maximum atomic E-state index is 12.8. The highest BCUT2D eigenvalue weighted by Crippen LogP contribution is 2.27. The number of carbonyl (C=O) groups excluding carboxylic acids is 2. The Labute approximate surface area is 165 Å². The maximum absolute atomic E-state index is 12.8. The molecule has 0 unspecified atom stereocenters. The van der Waals surface area contributed by atoms with E-state index in [9.17, 15) is 9.59 Å². The molecule has 2 N–H and O–H groups in total. The number of hydrogen-bond donors (Lipinski definition) is 1. The number of primary amides is 1. The molecular formula is C21H27N5O2. The monoisotopic (exact) mass is 381 g/mol. The van der Waals surface area contributed by atoms with Gasteiger partial charge in [-0.3, -0.25) is 14.5 Å². The van der Waals surface area contributed by atoms with Crippen molar-refractivity contribution in [1.82, 2.24) is 19.4 Å². The molecule has 0 saturated carbocycles. The van der Waals surface area contributed by atoms with Crippen LogP contribution in [-0.4, -0.2) is 57.3 Å². The highest BCUT2D eigenvalue weighted by molar-refractivity contribution is 5.78. The van der Waals surface area contributed by atoms with E-state index in [0.29, 0.717) is 6.54 Å². The number of nitrogens with two attached hydrogens (primary N) is 1. The number of piperidine rings is 1. The molecule has 2 amide bonds. The first-order chi connectivity index (χ1) is 13.6. The lowest BCUT2D eigenvalue weighted by Crippen LogP contribution is -2.45. The SMILES string of the molecule is NC(=O)Cn1ccnc1C1CCN(C(=O)CN2CCc3ccccc3C2)CC1. The van der Waals surface area contributed by atoms with E-state index < -0.39 is 0 Å². The molecule has 1 saturated heterocycles. The van der Waals surface area contributed by atoms with Crippen molar-refractivity contribution in [2.45, 2.75) is 38.3 Å². The van der Waals surface area contributed by atoms with Gasteiger partial charge in [0.1, 0.15) is 12.4 Å². The molecule has 7 heteroatoms. The lowest BCUT2D eigenvalue weighted by Gasteiger charge is -2.34. The molecule has 148 valence electrons. The summed E-state index contributed by atoms with van der Waals surface area (Å²) in [5, 5.41) is 0.